The van der Waals surface area contributed by atoms with Gasteiger partial charge in [-0.3, -0.25) is 9.59 Å². The highest BCUT2D eigenvalue weighted by atomic mass is 19.4. The number of hydrogen-bond acceptors (Lipinski definition) is 2. The van der Waals surface area contributed by atoms with Crippen molar-refractivity contribution in [1.29, 1.82) is 0 Å². The van der Waals surface area contributed by atoms with Crippen molar-refractivity contribution in [3.05, 3.63) is 0 Å². The van der Waals surface area contributed by atoms with E-state index in [4.69, 9.17) is 0 Å². The third kappa shape index (κ3) is 2.97. The smallest absolute Gasteiger partial charge is 0.285 e. The van der Waals surface area contributed by atoms with Crippen molar-refractivity contribution in [3.8, 4) is 0 Å². The third-order valence-corrected chi connectivity index (χ3v) is 1.74. The van der Waals surface area contributed by atoms with Crippen molar-refractivity contribution in [2.24, 2.45) is 0 Å². The van der Waals surface area contributed by atoms with Crippen LogP contribution in [0.3, 0.4) is 0 Å². The van der Waals surface area contributed by atoms with Gasteiger partial charge in [-0.05, 0) is 0 Å². The lowest BCUT2D eigenvalue weighted by molar-refractivity contribution is -0.233. The lowest BCUT2D eigenvalue weighted by Crippen LogP contribution is -2.59. The van der Waals surface area contributed by atoms with E-state index in [1.807, 2.05) is 0 Å². The molecule has 0 fully saturated rings. The van der Waals surface area contributed by atoms with Gasteiger partial charge in [-0.15, -0.1) is 0 Å². The van der Waals surface area contributed by atoms with Crippen molar-refractivity contribution in [3.63, 3.8) is 0 Å². The molecule has 0 unspecified atom stereocenters. The molecule has 0 saturated carbocycles. The number of hydrogen-bond donors (Lipinski definition) is 0. The number of Topliss-reactive ketones (excluding diaryl/α,β-unsaturated/α-hetero) is 2. The van der Waals surface area contributed by atoms with Gasteiger partial charge >= 0.3 is 29.7 Å². The molecule has 0 amide bonds. The fraction of sp³-hybridized carbons (Fsp3) is 0.714. The maximum absolute atomic E-state index is 12.5. The van der Waals surface area contributed by atoms with Gasteiger partial charge in [0.15, 0.2) is 6.67 Å². The van der Waals surface area contributed by atoms with Gasteiger partial charge in [-0.2, -0.15) is 39.5 Å². The van der Waals surface area contributed by atoms with Gasteiger partial charge in [-0.1, -0.05) is 0 Å². The molecule has 0 aromatic rings. The molecule has 0 atom stereocenters. The van der Waals surface area contributed by atoms with Crippen LogP contribution >= 0.6 is 0 Å². The van der Waals surface area contributed by atoms with E-state index in [0.29, 0.717) is 0 Å². The Labute approximate surface area is 96.9 Å². The maximum Gasteiger partial charge on any atom is 0.456 e. The van der Waals surface area contributed by atoms with Crippen molar-refractivity contribution < 1.29 is 53.5 Å². The number of ketones is 2. The molecular weight excluding hydrogens is 306 g/mol. The lowest BCUT2D eigenvalue weighted by atomic mass is 9.99. The van der Waals surface area contributed by atoms with Gasteiger partial charge in [0.05, 0.1) is 0 Å². The van der Waals surface area contributed by atoms with E-state index in [-0.39, 0.29) is 0 Å². The molecule has 0 N–H and O–H groups in total. The molecule has 0 heterocycles. The van der Waals surface area contributed by atoms with Gasteiger partial charge < -0.3 is 0 Å². The van der Waals surface area contributed by atoms with Crippen LogP contribution in [0, 0.1) is 0 Å². The van der Waals surface area contributed by atoms with Crippen LogP contribution < -0.4 is 0 Å². The first-order chi connectivity index (χ1) is 8.12. The van der Waals surface area contributed by atoms with Gasteiger partial charge in [0.2, 0.25) is 0 Å². The highest BCUT2D eigenvalue weighted by Gasteiger charge is 2.72. The predicted molar refractivity (Wildman–Crippen MR) is 36.9 cm³/mol. The Morgan fingerprint density at radius 3 is 1.37 bits per heavy atom. The Hall–Kier alpha value is -1.36. The average Bonchev–Trinajstić information content (AvgIpc) is 2.25. The number of alkyl halides is 10. The molecule has 0 aliphatic carbocycles. The summed E-state index contributed by atoms with van der Waals surface area (Å²) in [4.78, 5) is 20.3. The zero-order chi connectivity index (χ0) is 15.9. The van der Waals surface area contributed by atoms with Crippen LogP contribution in [0.2, 0.25) is 0 Å². The van der Waals surface area contributed by atoms with E-state index >= 15 is 0 Å². The van der Waals surface area contributed by atoms with E-state index in [9.17, 15) is 53.5 Å². The summed E-state index contributed by atoms with van der Waals surface area (Å²) in [6.07, 6.45) is -6.42. The van der Waals surface area contributed by atoms with E-state index < -0.39 is 42.2 Å². The first-order valence-corrected chi connectivity index (χ1v) is 3.98. The number of carbonyl (C=O) groups is 2. The number of rotatable bonds is 5. The third-order valence-electron chi connectivity index (χ3n) is 1.74. The van der Waals surface area contributed by atoms with E-state index in [2.05, 4.69) is 0 Å². The van der Waals surface area contributed by atoms with Crippen LogP contribution in [0.15, 0.2) is 0 Å². The summed E-state index contributed by atoms with van der Waals surface area (Å²) in [6, 6.07) is 0. The molecule has 0 aromatic heterocycles. The summed E-state index contributed by atoms with van der Waals surface area (Å²) in [6.45, 7) is -3.29. The van der Waals surface area contributed by atoms with Crippen LogP contribution in [0.4, 0.5) is 43.9 Å². The normalized spacial score (nSPS) is 14.4. The molecule has 0 saturated heterocycles. The standard InChI is InChI=1S/C7H2F10O2/c8-1-4(9,10)6(13,14)2(18)5(11,12)3(19)7(15,16)17/h1H2. The molecule has 0 aromatic carbocycles. The molecule has 0 aliphatic heterocycles. The van der Waals surface area contributed by atoms with Crippen LogP contribution in [0.5, 0.6) is 0 Å². The first-order valence-electron chi connectivity index (χ1n) is 3.98. The Morgan fingerprint density at radius 1 is 0.737 bits per heavy atom. The largest absolute Gasteiger partial charge is 0.456 e. The summed E-state index contributed by atoms with van der Waals surface area (Å²) >= 11 is 0. The van der Waals surface area contributed by atoms with Crippen molar-refractivity contribution in [2.75, 3.05) is 6.67 Å². The second kappa shape index (κ2) is 4.63. The summed E-state index contributed by atoms with van der Waals surface area (Å²) in [5.74, 6) is -27.5. The Balaban J connectivity index is 5.61. The van der Waals surface area contributed by atoms with Gasteiger partial charge in [-0.25, -0.2) is 4.39 Å². The topological polar surface area (TPSA) is 34.1 Å². The van der Waals surface area contributed by atoms with E-state index in [1.54, 1.807) is 0 Å². The Morgan fingerprint density at radius 2 is 1.11 bits per heavy atom. The summed E-state index contributed by atoms with van der Waals surface area (Å²) in [5, 5.41) is 0. The molecule has 0 bridgehead atoms. The molecule has 0 rings (SSSR count). The molecular formula is C7H2F10O2. The lowest BCUT2D eigenvalue weighted by Gasteiger charge is -2.26. The van der Waals surface area contributed by atoms with E-state index in [1.165, 1.54) is 0 Å². The average molecular weight is 308 g/mol. The van der Waals surface area contributed by atoms with Crippen LogP contribution in [0.1, 0.15) is 0 Å². The number of halogens is 10. The van der Waals surface area contributed by atoms with Gasteiger partial charge in [0.25, 0.3) is 5.78 Å². The highest BCUT2D eigenvalue weighted by molar-refractivity contribution is 6.13. The molecule has 2 nitrogen and oxygen atoms in total. The van der Waals surface area contributed by atoms with Crippen molar-refractivity contribution >= 4 is 11.6 Å². The number of carbonyl (C=O) groups excluding carboxylic acids is 2. The van der Waals surface area contributed by atoms with Crippen LogP contribution in [-0.2, 0) is 9.59 Å². The second-order valence-corrected chi connectivity index (χ2v) is 3.14. The van der Waals surface area contributed by atoms with E-state index in [0.717, 1.165) is 0 Å². The molecule has 12 heteroatoms. The fourth-order valence-corrected chi connectivity index (χ4v) is 0.728. The summed E-state index contributed by atoms with van der Waals surface area (Å²) < 4.78 is 121. The minimum Gasteiger partial charge on any atom is -0.285 e. The Bertz CT molecular complexity index is 382. The fourth-order valence-electron chi connectivity index (χ4n) is 0.728. The van der Waals surface area contributed by atoms with Crippen molar-refractivity contribution in [1.82, 2.24) is 0 Å². The van der Waals surface area contributed by atoms with Crippen LogP contribution in [0.25, 0.3) is 0 Å². The monoisotopic (exact) mass is 308 g/mol. The zero-order valence-corrected chi connectivity index (χ0v) is 8.30. The van der Waals surface area contributed by atoms with Gasteiger partial charge in [0, 0.05) is 0 Å². The van der Waals surface area contributed by atoms with Crippen LogP contribution in [-0.4, -0.2) is 42.2 Å². The Kier molecular flexibility index (Phi) is 4.30. The summed E-state index contributed by atoms with van der Waals surface area (Å²) in [5.41, 5.74) is 0. The quantitative estimate of drug-likeness (QED) is 0.578. The SMILES string of the molecule is O=C(C(F)(F)F)C(F)(F)C(=O)C(F)(F)C(F)(F)CF. The second-order valence-electron chi connectivity index (χ2n) is 3.14. The maximum atomic E-state index is 12.5. The molecule has 19 heavy (non-hydrogen) atoms. The van der Waals surface area contributed by atoms with Gasteiger partial charge in [0.1, 0.15) is 0 Å². The summed E-state index contributed by atoms with van der Waals surface area (Å²) in [7, 11) is 0. The molecule has 0 aliphatic rings. The van der Waals surface area contributed by atoms with Crippen molar-refractivity contribution in [2.45, 2.75) is 23.9 Å². The molecule has 0 radical (unpaired) electrons. The molecule has 112 valence electrons. The first kappa shape index (κ1) is 17.6. The predicted octanol–water partition coefficient (Wildman–Crippen LogP) is 2.56. The minimum absolute atomic E-state index is 3.29. The minimum atomic E-state index is -6.48. The zero-order valence-electron chi connectivity index (χ0n) is 8.30. The molecule has 0 spiro atoms. The highest BCUT2D eigenvalue weighted by Crippen LogP contribution is 2.41.